The van der Waals surface area contributed by atoms with E-state index in [-0.39, 0.29) is 28.4 Å². The normalized spacial score (nSPS) is 27.1. The fraction of sp³-hybridized carbons (Fsp3) is 0.750. The van der Waals surface area contributed by atoms with Crippen molar-refractivity contribution in [2.45, 2.75) is 88.6 Å². The third-order valence-electron chi connectivity index (χ3n) is 10.5. The predicted octanol–water partition coefficient (Wildman–Crippen LogP) is 4.12. The number of anilines is 1. The molecule has 4 spiro atoms. The Morgan fingerprint density at radius 2 is 1.32 bits per heavy atom. The molecular formula is C32H46N2O7. The van der Waals surface area contributed by atoms with Gasteiger partial charge in [-0.05, 0) is 69.1 Å². The van der Waals surface area contributed by atoms with Gasteiger partial charge in [0.15, 0.2) is 11.6 Å². The van der Waals surface area contributed by atoms with Crippen LogP contribution in [0.5, 0.6) is 0 Å². The molecule has 4 aliphatic heterocycles. The second-order valence-corrected chi connectivity index (χ2v) is 12.8. The molecule has 0 atom stereocenters. The van der Waals surface area contributed by atoms with Crippen molar-refractivity contribution < 1.29 is 33.3 Å². The Bertz CT molecular complexity index is 1060. The van der Waals surface area contributed by atoms with Crippen LogP contribution in [0.15, 0.2) is 24.3 Å². The molecule has 2 aliphatic carbocycles. The minimum absolute atomic E-state index is 0.0967. The molecule has 2 saturated carbocycles. The van der Waals surface area contributed by atoms with Crippen LogP contribution in [0.3, 0.4) is 0 Å². The van der Waals surface area contributed by atoms with Crippen molar-refractivity contribution in [1.29, 1.82) is 0 Å². The van der Waals surface area contributed by atoms with Crippen LogP contribution in [0.2, 0.25) is 0 Å². The van der Waals surface area contributed by atoms with Gasteiger partial charge < -0.3 is 33.9 Å². The van der Waals surface area contributed by atoms with Crippen molar-refractivity contribution >= 4 is 17.5 Å². The zero-order valence-electron chi connectivity index (χ0n) is 24.5. The first-order chi connectivity index (χ1) is 19.9. The van der Waals surface area contributed by atoms with Crippen molar-refractivity contribution in [2.75, 3.05) is 58.1 Å². The lowest BCUT2D eigenvalue weighted by atomic mass is 9.71. The Kier molecular flexibility index (Phi) is 8.45. The topological polar surface area (TPSA) is 95.6 Å². The summed E-state index contributed by atoms with van der Waals surface area (Å²) in [5.74, 6) is -0.204. The maximum absolute atomic E-state index is 13.2. The molecule has 1 aromatic carbocycles. The fourth-order valence-corrected chi connectivity index (χ4v) is 7.78. The van der Waals surface area contributed by atoms with E-state index in [1.54, 1.807) is 7.11 Å². The van der Waals surface area contributed by atoms with Crippen molar-refractivity contribution in [3.8, 4) is 0 Å². The lowest BCUT2D eigenvalue weighted by Crippen LogP contribution is -2.44. The molecule has 7 rings (SSSR count). The average Bonchev–Trinajstić information content (AvgIpc) is 3.79. The van der Waals surface area contributed by atoms with Gasteiger partial charge >= 0.3 is 0 Å². The molecule has 0 unspecified atom stereocenters. The number of benzene rings is 1. The van der Waals surface area contributed by atoms with Gasteiger partial charge in [0, 0.05) is 58.2 Å². The summed E-state index contributed by atoms with van der Waals surface area (Å²) in [5.41, 5.74) is 2.01. The number of carbonyl (C=O) groups is 2. The number of rotatable bonds is 5. The number of amides is 2. The van der Waals surface area contributed by atoms with Crippen LogP contribution in [0.1, 0.15) is 76.2 Å². The second-order valence-electron chi connectivity index (χ2n) is 12.8. The third kappa shape index (κ3) is 5.80. The number of aryl methyl sites for hydroxylation is 1. The number of ether oxygens (including phenoxy) is 5. The van der Waals surface area contributed by atoms with Gasteiger partial charge in [-0.1, -0.05) is 12.1 Å². The predicted molar refractivity (Wildman–Crippen MR) is 152 cm³/mol. The monoisotopic (exact) mass is 570 g/mol. The molecule has 226 valence electrons. The van der Waals surface area contributed by atoms with Crippen LogP contribution in [0.25, 0.3) is 0 Å². The maximum Gasteiger partial charge on any atom is 0.233 e. The highest BCUT2D eigenvalue weighted by Crippen LogP contribution is 2.51. The Labute approximate surface area is 243 Å². The molecule has 41 heavy (non-hydrogen) atoms. The molecular weight excluding hydrogens is 524 g/mol. The Morgan fingerprint density at radius 1 is 0.756 bits per heavy atom. The lowest BCUT2D eigenvalue weighted by molar-refractivity contribution is -0.192. The van der Waals surface area contributed by atoms with Crippen LogP contribution in [-0.4, -0.2) is 76.6 Å². The number of nitrogens with zero attached hydrogens (tertiary/aromatic N) is 1. The van der Waals surface area contributed by atoms with Gasteiger partial charge in [-0.15, -0.1) is 0 Å². The van der Waals surface area contributed by atoms with Crippen molar-refractivity contribution in [3.63, 3.8) is 0 Å². The van der Waals surface area contributed by atoms with E-state index in [0.717, 1.165) is 102 Å². The molecule has 4 heterocycles. The molecule has 0 bridgehead atoms. The van der Waals surface area contributed by atoms with Gasteiger partial charge in [-0.3, -0.25) is 9.59 Å². The second kappa shape index (κ2) is 11.9. The summed E-state index contributed by atoms with van der Waals surface area (Å²) in [7, 11) is 1.73. The summed E-state index contributed by atoms with van der Waals surface area (Å²) >= 11 is 0. The number of hydrogen-bond acceptors (Lipinski definition) is 7. The van der Waals surface area contributed by atoms with Gasteiger partial charge in [-0.2, -0.15) is 0 Å². The SMILES string of the molecule is COCCCc1ccc(N2CCC3(CCC4(CC3)OCCO4)C2=O)cc1.O=C1NCCC12CCC1(CC2)OCCO1. The molecule has 2 amide bonds. The van der Waals surface area contributed by atoms with Crippen LogP contribution >= 0.6 is 0 Å². The van der Waals surface area contributed by atoms with E-state index in [1.807, 2.05) is 4.90 Å². The quantitative estimate of drug-likeness (QED) is 0.533. The first-order valence-corrected chi connectivity index (χ1v) is 15.7. The lowest BCUT2D eigenvalue weighted by Gasteiger charge is -2.40. The summed E-state index contributed by atoms with van der Waals surface area (Å²) in [6.07, 6.45) is 11.0. The number of hydrogen-bond donors (Lipinski definition) is 1. The smallest absolute Gasteiger partial charge is 0.233 e. The van der Waals surface area contributed by atoms with Crippen LogP contribution in [0, 0.1) is 10.8 Å². The number of methoxy groups -OCH3 is 1. The summed E-state index contributed by atoms with van der Waals surface area (Å²) < 4.78 is 28.1. The molecule has 1 N–H and O–H groups in total. The highest BCUT2D eigenvalue weighted by atomic mass is 16.7. The van der Waals surface area contributed by atoms with Gasteiger partial charge in [0.05, 0.1) is 37.3 Å². The summed E-state index contributed by atoms with van der Waals surface area (Å²) in [4.78, 5) is 27.0. The Morgan fingerprint density at radius 3 is 1.83 bits per heavy atom. The van der Waals surface area contributed by atoms with Crippen molar-refractivity contribution in [1.82, 2.24) is 5.32 Å². The first-order valence-electron chi connectivity index (χ1n) is 15.7. The van der Waals surface area contributed by atoms with Gasteiger partial charge in [0.2, 0.25) is 11.8 Å². The highest BCUT2D eigenvalue weighted by molar-refractivity contribution is 6.00. The van der Waals surface area contributed by atoms with Crippen LogP contribution in [0.4, 0.5) is 5.69 Å². The highest BCUT2D eigenvalue weighted by Gasteiger charge is 2.54. The van der Waals surface area contributed by atoms with Crippen molar-refractivity contribution in [3.05, 3.63) is 29.8 Å². The van der Waals surface area contributed by atoms with E-state index in [4.69, 9.17) is 23.7 Å². The fourth-order valence-electron chi connectivity index (χ4n) is 7.78. The van der Waals surface area contributed by atoms with Gasteiger partial charge in [-0.25, -0.2) is 0 Å². The molecule has 4 saturated heterocycles. The third-order valence-corrected chi connectivity index (χ3v) is 10.5. The molecule has 6 aliphatic rings. The molecule has 9 heteroatoms. The summed E-state index contributed by atoms with van der Waals surface area (Å²) in [6.45, 7) is 5.22. The van der Waals surface area contributed by atoms with Crippen LogP contribution in [-0.2, 0) is 39.7 Å². The maximum atomic E-state index is 13.2. The standard InChI is InChI=1S/C21H29NO4.C11H17NO3/c1-24-14-2-3-17-4-6-18(7-5-17)22-13-12-20(19(22)23)8-10-21(11-9-20)25-15-16-26-21;13-9-10(5-6-12-9)1-3-11(4-2-10)14-7-8-15-11/h4-7H,2-3,8-16H2,1H3;1-8H2,(H,12,13). The summed E-state index contributed by atoms with van der Waals surface area (Å²) in [5, 5.41) is 2.94. The van der Waals surface area contributed by atoms with Gasteiger partial charge in [0.1, 0.15) is 0 Å². The first kappa shape index (κ1) is 29.1. The van der Waals surface area contributed by atoms with Crippen LogP contribution < -0.4 is 10.2 Å². The molecule has 6 fully saturated rings. The minimum Gasteiger partial charge on any atom is -0.385 e. The largest absolute Gasteiger partial charge is 0.385 e. The van der Waals surface area contributed by atoms with E-state index >= 15 is 0 Å². The Balaban J connectivity index is 0.000000170. The number of nitrogens with one attached hydrogen (secondary N) is 1. The Hall–Kier alpha value is -2.04. The molecule has 0 radical (unpaired) electrons. The summed E-state index contributed by atoms with van der Waals surface area (Å²) in [6, 6.07) is 8.46. The molecule has 0 aromatic heterocycles. The molecule has 9 nitrogen and oxygen atoms in total. The zero-order chi connectivity index (χ0) is 28.4. The minimum atomic E-state index is -0.400. The van der Waals surface area contributed by atoms with E-state index < -0.39 is 5.79 Å². The number of carbonyl (C=O) groups excluding carboxylic acids is 2. The van der Waals surface area contributed by atoms with E-state index in [9.17, 15) is 9.59 Å². The van der Waals surface area contributed by atoms with Gasteiger partial charge in [0.25, 0.3) is 0 Å². The zero-order valence-corrected chi connectivity index (χ0v) is 24.5. The van der Waals surface area contributed by atoms with E-state index in [1.165, 1.54) is 5.56 Å². The molecule has 1 aromatic rings. The average molecular weight is 571 g/mol. The van der Waals surface area contributed by atoms with Crippen molar-refractivity contribution in [2.24, 2.45) is 10.8 Å². The van der Waals surface area contributed by atoms with E-state index in [2.05, 4.69) is 29.6 Å². The van der Waals surface area contributed by atoms with E-state index in [0.29, 0.717) is 26.4 Å².